The van der Waals surface area contributed by atoms with E-state index in [1.54, 1.807) is 0 Å². The van der Waals surface area contributed by atoms with Crippen LogP contribution in [0.15, 0.2) is 72.4 Å². The fourth-order valence-corrected chi connectivity index (χ4v) is 3.98. The van der Waals surface area contributed by atoms with E-state index in [4.69, 9.17) is 0 Å². The number of hydrogen-bond acceptors (Lipinski definition) is 1. The summed E-state index contributed by atoms with van der Waals surface area (Å²) >= 11 is 0. The van der Waals surface area contributed by atoms with Crippen LogP contribution in [0.1, 0.15) is 11.1 Å². The van der Waals surface area contributed by atoms with Crippen molar-refractivity contribution in [1.29, 1.82) is 0 Å². The molecule has 0 heterocycles. The van der Waals surface area contributed by atoms with E-state index in [-0.39, 0.29) is 5.92 Å². The predicted molar refractivity (Wildman–Crippen MR) is 102 cm³/mol. The van der Waals surface area contributed by atoms with Gasteiger partial charge in [0.1, 0.15) is 0 Å². The minimum Gasteiger partial charge on any atom is -0.389 e. The maximum atomic E-state index is 11.0. The summed E-state index contributed by atoms with van der Waals surface area (Å²) in [6.45, 7) is 11.0. The first-order valence-corrected chi connectivity index (χ1v) is 11.8. The van der Waals surface area contributed by atoms with Crippen molar-refractivity contribution in [2.75, 3.05) is 0 Å². The molecule has 2 aromatic carbocycles. The predicted octanol–water partition coefficient (Wildman–Crippen LogP) is 4.88. The molecule has 2 aromatic rings. The first-order valence-electron chi connectivity index (χ1n) is 8.33. The first kappa shape index (κ1) is 17.7. The number of aliphatic hydroxyl groups excluding tert-OH is 1. The zero-order valence-electron chi connectivity index (χ0n) is 14.5. The van der Waals surface area contributed by atoms with Crippen LogP contribution < -0.4 is 0 Å². The highest BCUT2D eigenvalue weighted by Gasteiger charge is 2.29. The van der Waals surface area contributed by atoms with Crippen LogP contribution >= 0.6 is 0 Å². The first-order chi connectivity index (χ1) is 10.9. The third-order valence-corrected chi connectivity index (χ3v) is 6.67. The molecule has 0 saturated carbocycles. The van der Waals surface area contributed by atoms with Crippen molar-refractivity contribution in [3.05, 3.63) is 83.6 Å². The van der Waals surface area contributed by atoms with E-state index in [0.29, 0.717) is 0 Å². The van der Waals surface area contributed by atoms with Crippen molar-refractivity contribution in [1.82, 2.24) is 0 Å². The van der Waals surface area contributed by atoms with E-state index < -0.39 is 14.2 Å². The van der Waals surface area contributed by atoms with E-state index >= 15 is 0 Å². The van der Waals surface area contributed by atoms with E-state index in [0.717, 1.165) is 18.0 Å². The van der Waals surface area contributed by atoms with Gasteiger partial charge in [-0.2, -0.15) is 0 Å². The topological polar surface area (TPSA) is 20.2 Å². The minimum atomic E-state index is -1.57. The Morgan fingerprint density at radius 2 is 1.26 bits per heavy atom. The summed E-state index contributed by atoms with van der Waals surface area (Å²) < 4.78 is 0. The molecule has 0 amide bonds. The van der Waals surface area contributed by atoms with Crippen molar-refractivity contribution in [2.24, 2.45) is 5.92 Å². The molecule has 122 valence electrons. The Kier molecular flexibility index (Phi) is 5.97. The molecule has 0 aliphatic rings. The second kappa shape index (κ2) is 7.76. The van der Waals surface area contributed by atoms with Gasteiger partial charge in [-0.1, -0.05) is 85.5 Å². The average Bonchev–Trinajstić information content (AvgIpc) is 2.54. The van der Waals surface area contributed by atoms with Crippen LogP contribution in [-0.4, -0.2) is 19.3 Å². The highest BCUT2D eigenvalue weighted by molar-refractivity contribution is 6.83. The Labute approximate surface area is 141 Å². The summed E-state index contributed by atoms with van der Waals surface area (Å²) in [5.41, 5.74) is 2.55. The van der Waals surface area contributed by atoms with Gasteiger partial charge in [0.15, 0.2) is 0 Å². The van der Waals surface area contributed by atoms with Crippen molar-refractivity contribution < 1.29 is 5.11 Å². The standard InChI is InChI=1S/C21H28OSi/c1-17(23(2,3)4)21(22)20(15-18-11-7-5-8-12-18)16-19-13-9-6-10-14-19/h5-14,20-22H,1,15-16H2,2-4H3. The lowest BCUT2D eigenvalue weighted by atomic mass is 9.88. The fraction of sp³-hybridized carbons (Fsp3) is 0.333. The number of aliphatic hydroxyl groups is 1. The van der Waals surface area contributed by atoms with Gasteiger partial charge in [-0.15, -0.1) is 6.58 Å². The van der Waals surface area contributed by atoms with Crippen molar-refractivity contribution in [3.63, 3.8) is 0 Å². The van der Waals surface area contributed by atoms with Crippen molar-refractivity contribution >= 4 is 8.07 Å². The second-order valence-electron chi connectivity index (χ2n) is 7.36. The molecule has 1 nitrogen and oxygen atoms in total. The Morgan fingerprint density at radius 3 is 1.61 bits per heavy atom. The Balaban J connectivity index is 2.22. The monoisotopic (exact) mass is 324 g/mol. The molecule has 0 aliphatic heterocycles. The lowest BCUT2D eigenvalue weighted by Crippen LogP contribution is -2.37. The molecule has 2 rings (SSSR count). The Hall–Kier alpha value is -1.64. The van der Waals surface area contributed by atoms with Gasteiger partial charge in [-0.25, -0.2) is 0 Å². The lowest BCUT2D eigenvalue weighted by molar-refractivity contribution is 0.146. The summed E-state index contributed by atoms with van der Waals surface area (Å²) in [4.78, 5) is 0. The largest absolute Gasteiger partial charge is 0.389 e. The molecule has 0 radical (unpaired) electrons. The molecule has 0 fully saturated rings. The van der Waals surface area contributed by atoms with Gasteiger partial charge < -0.3 is 5.11 Å². The molecule has 2 heteroatoms. The summed E-state index contributed by atoms with van der Waals surface area (Å²) in [5, 5.41) is 12.0. The van der Waals surface area contributed by atoms with Crippen molar-refractivity contribution in [3.8, 4) is 0 Å². The Morgan fingerprint density at radius 1 is 0.870 bits per heavy atom. The molecule has 0 saturated heterocycles. The number of hydrogen-bond donors (Lipinski definition) is 1. The zero-order chi connectivity index (χ0) is 16.9. The van der Waals surface area contributed by atoms with Crippen molar-refractivity contribution in [2.45, 2.75) is 38.6 Å². The molecule has 1 atom stereocenters. The maximum absolute atomic E-state index is 11.0. The number of benzene rings is 2. The van der Waals surface area contributed by atoms with Crippen LogP contribution in [0.4, 0.5) is 0 Å². The quantitative estimate of drug-likeness (QED) is 0.720. The van der Waals surface area contributed by atoms with Crippen LogP contribution in [0, 0.1) is 5.92 Å². The van der Waals surface area contributed by atoms with Gasteiger partial charge >= 0.3 is 0 Å². The van der Waals surface area contributed by atoms with Crippen LogP contribution in [-0.2, 0) is 12.8 Å². The molecule has 0 bridgehead atoms. The van der Waals surface area contributed by atoms with E-state index in [1.807, 2.05) is 12.1 Å². The van der Waals surface area contributed by atoms with Crippen LogP contribution in [0.25, 0.3) is 0 Å². The minimum absolute atomic E-state index is 0.166. The molecule has 0 aromatic heterocycles. The third-order valence-electron chi connectivity index (χ3n) is 4.45. The summed E-state index contributed by atoms with van der Waals surface area (Å²) in [6.07, 6.45) is 1.31. The summed E-state index contributed by atoms with van der Waals surface area (Å²) in [5.74, 6) is 0.166. The molecular weight excluding hydrogens is 296 g/mol. The number of rotatable bonds is 7. The smallest absolute Gasteiger partial charge is 0.0750 e. The van der Waals surface area contributed by atoms with Gasteiger partial charge in [0, 0.05) is 0 Å². The third kappa shape index (κ3) is 5.19. The van der Waals surface area contributed by atoms with E-state index in [9.17, 15) is 5.11 Å². The van der Waals surface area contributed by atoms with Gasteiger partial charge in [0.2, 0.25) is 0 Å². The van der Waals surface area contributed by atoms with Gasteiger partial charge in [-0.05, 0) is 29.9 Å². The van der Waals surface area contributed by atoms with Crippen LogP contribution in [0.5, 0.6) is 0 Å². The highest BCUT2D eigenvalue weighted by atomic mass is 28.3. The molecule has 1 N–H and O–H groups in total. The average molecular weight is 325 g/mol. The van der Waals surface area contributed by atoms with Gasteiger partial charge in [0.25, 0.3) is 0 Å². The summed E-state index contributed by atoms with van der Waals surface area (Å²) in [7, 11) is -1.57. The molecule has 0 aliphatic carbocycles. The van der Waals surface area contributed by atoms with Gasteiger partial charge in [-0.3, -0.25) is 0 Å². The SMILES string of the molecule is C=C(C(O)C(Cc1ccccc1)Cc1ccccc1)[Si](C)(C)C. The molecule has 0 spiro atoms. The Bertz CT molecular complexity index is 572. The van der Waals surface area contributed by atoms with Gasteiger partial charge in [0.05, 0.1) is 14.2 Å². The normalized spacial score (nSPS) is 13.1. The second-order valence-corrected chi connectivity index (χ2v) is 12.5. The van der Waals surface area contributed by atoms with Crippen LogP contribution in [0.2, 0.25) is 19.6 Å². The molecule has 23 heavy (non-hydrogen) atoms. The highest BCUT2D eigenvalue weighted by Crippen LogP contribution is 2.26. The maximum Gasteiger partial charge on any atom is 0.0750 e. The lowest BCUT2D eigenvalue weighted by Gasteiger charge is -2.31. The fourth-order valence-electron chi connectivity index (χ4n) is 2.86. The molecular formula is C21H28OSi. The molecule has 1 unspecified atom stereocenters. The van der Waals surface area contributed by atoms with Crippen LogP contribution in [0.3, 0.4) is 0 Å². The van der Waals surface area contributed by atoms with E-state index in [1.165, 1.54) is 11.1 Å². The zero-order valence-corrected chi connectivity index (χ0v) is 15.5. The van der Waals surface area contributed by atoms with E-state index in [2.05, 4.69) is 74.8 Å². The summed E-state index contributed by atoms with van der Waals surface area (Å²) in [6, 6.07) is 20.9.